The molecule has 0 heterocycles. The molecule has 2 aromatic carbocycles. The number of carbonyl (C=O) groups is 1. The molecule has 0 unspecified atom stereocenters. The van der Waals surface area contributed by atoms with E-state index in [1.165, 1.54) is 17.6 Å². The normalized spacial score (nSPS) is 20.2. The molecule has 4 N–H and O–H groups in total. The Labute approximate surface area is 148 Å². The van der Waals surface area contributed by atoms with Gasteiger partial charge in [0.1, 0.15) is 0 Å². The van der Waals surface area contributed by atoms with Gasteiger partial charge in [0.05, 0.1) is 0 Å². The molecule has 1 aliphatic carbocycles. The minimum atomic E-state index is -1.41. The van der Waals surface area contributed by atoms with Gasteiger partial charge in [0.15, 0.2) is 6.10 Å². The molecular formula is C21H25NO3. The van der Waals surface area contributed by atoms with Gasteiger partial charge in [-0.05, 0) is 29.9 Å². The Hall–Kier alpha value is -2.43. The average molecular weight is 339 g/mol. The number of benzene rings is 2. The van der Waals surface area contributed by atoms with Crippen LogP contribution < -0.4 is 5.73 Å². The van der Waals surface area contributed by atoms with Gasteiger partial charge in [-0.2, -0.15) is 0 Å². The Bertz CT molecular complexity index is 698. The molecular weight excluding hydrogens is 314 g/mol. The number of nitrogens with two attached hydrogens (primary N) is 1. The summed E-state index contributed by atoms with van der Waals surface area (Å²) < 4.78 is 0. The molecule has 4 heteroatoms. The number of carboxylic acid groups (broad SMARTS) is 1. The van der Waals surface area contributed by atoms with E-state index in [0.717, 1.165) is 6.42 Å². The summed E-state index contributed by atoms with van der Waals surface area (Å²) in [6.45, 7) is 2.21. The van der Waals surface area contributed by atoms with E-state index in [1.54, 1.807) is 30.3 Å². The topological polar surface area (TPSA) is 83.6 Å². The van der Waals surface area contributed by atoms with Crippen LogP contribution in [0.5, 0.6) is 0 Å². The van der Waals surface area contributed by atoms with Crippen molar-refractivity contribution in [3.63, 3.8) is 0 Å². The quantitative estimate of drug-likeness (QED) is 0.777. The van der Waals surface area contributed by atoms with E-state index in [-0.39, 0.29) is 0 Å². The van der Waals surface area contributed by atoms with E-state index in [9.17, 15) is 4.79 Å². The summed E-state index contributed by atoms with van der Waals surface area (Å²) in [5.41, 5.74) is 9.06. The zero-order valence-electron chi connectivity index (χ0n) is 14.4. The van der Waals surface area contributed by atoms with E-state index in [1.807, 2.05) is 6.07 Å². The second-order valence-corrected chi connectivity index (χ2v) is 6.14. The molecule has 3 rings (SSSR count). The number of aliphatic hydroxyl groups excluding tert-OH is 1. The van der Waals surface area contributed by atoms with Crippen molar-refractivity contribution in [3.8, 4) is 0 Å². The van der Waals surface area contributed by atoms with Gasteiger partial charge in [-0.15, -0.1) is 0 Å². The predicted octanol–water partition coefficient (Wildman–Crippen LogP) is 3.63. The third-order valence-corrected chi connectivity index (χ3v) is 4.23. The lowest BCUT2D eigenvalue weighted by atomic mass is 10.0. The van der Waals surface area contributed by atoms with Crippen molar-refractivity contribution < 1.29 is 15.0 Å². The van der Waals surface area contributed by atoms with Crippen LogP contribution in [0.3, 0.4) is 0 Å². The maximum Gasteiger partial charge on any atom is 0.337 e. The van der Waals surface area contributed by atoms with Crippen molar-refractivity contribution in [1.29, 1.82) is 0 Å². The molecule has 0 amide bonds. The molecule has 0 spiro atoms. The summed E-state index contributed by atoms with van der Waals surface area (Å²) in [7, 11) is 0. The van der Waals surface area contributed by atoms with E-state index in [2.05, 4.69) is 37.3 Å². The monoisotopic (exact) mass is 339 g/mol. The Morgan fingerprint density at radius 1 is 1.16 bits per heavy atom. The van der Waals surface area contributed by atoms with Gasteiger partial charge in [0.2, 0.25) is 0 Å². The molecule has 0 radical (unpaired) electrons. The number of hydrogen-bond acceptors (Lipinski definition) is 3. The lowest BCUT2D eigenvalue weighted by Crippen LogP contribution is -2.09. The first kappa shape index (κ1) is 18.9. The van der Waals surface area contributed by atoms with Crippen LogP contribution in [0, 0.1) is 5.92 Å². The number of aliphatic carboxylic acids is 1. The molecule has 2 aromatic rings. The second-order valence-electron chi connectivity index (χ2n) is 6.14. The van der Waals surface area contributed by atoms with Gasteiger partial charge < -0.3 is 15.9 Å². The molecule has 0 bridgehead atoms. The fourth-order valence-corrected chi connectivity index (χ4v) is 2.65. The molecule has 1 fully saturated rings. The number of carboxylic acids is 1. The van der Waals surface area contributed by atoms with Crippen LogP contribution in [0.2, 0.25) is 0 Å². The lowest BCUT2D eigenvalue weighted by molar-refractivity contribution is -0.146. The van der Waals surface area contributed by atoms with E-state index < -0.39 is 12.1 Å². The van der Waals surface area contributed by atoms with Crippen LogP contribution in [0.4, 0.5) is 0 Å². The molecule has 1 aliphatic rings. The highest BCUT2D eigenvalue weighted by atomic mass is 16.4. The maximum absolute atomic E-state index is 10.2. The van der Waals surface area contributed by atoms with Crippen molar-refractivity contribution in [2.45, 2.75) is 31.9 Å². The van der Waals surface area contributed by atoms with Gasteiger partial charge in [0.25, 0.3) is 0 Å². The second kappa shape index (κ2) is 9.16. The Kier molecular flexibility index (Phi) is 6.92. The third kappa shape index (κ3) is 5.85. The Balaban J connectivity index is 0.000000186. The SMILES string of the molecule is CC/C(=C\c1ccccc1)[C@H]1C[C@@H]1N.O=C(O)[C@@H](O)c1ccccc1. The summed E-state index contributed by atoms with van der Waals surface area (Å²) in [6, 6.07) is 19.2. The highest BCUT2D eigenvalue weighted by Gasteiger charge is 2.35. The Morgan fingerprint density at radius 3 is 2.12 bits per heavy atom. The van der Waals surface area contributed by atoms with Gasteiger partial charge in [-0.25, -0.2) is 4.79 Å². The summed E-state index contributed by atoms with van der Waals surface area (Å²) in [5.74, 6) is -0.573. The van der Waals surface area contributed by atoms with Gasteiger partial charge >= 0.3 is 5.97 Å². The van der Waals surface area contributed by atoms with Crippen molar-refractivity contribution in [2.24, 2.45) is 11.7 Å². The molecule has 0 saturated heterocycles. The fraction of sp³-hybridized carbons (Fsp3) is 0.286. The lowest BCUT2D eigenvalue weighted by Gasteiger charge is -2.03. The zero-order chi connectivity index (χ0) is 18.2. The first-order valence-corrected chi connectivity index (χ1v) is 8.49. The van der Waals surface area contributed by atoms with Gasteiger partial charge in [-0.1, -0.05) is 79.2 Å². The predicted molar refractivity (Wildman–Crippen MR) is 99.8 cm³/mol. The average Bonchev–Trinajstić information content (AvgIpc) is 3.37. The molecule has 132 valence electrons. The largest absolute Gasteiger partial charge is 0.479 e. The van der Waals surface area contributed by atoms with Crippen LogP contribution in [0.15, 0.2) is 66.2 Å². The van der Waals surface area contributed by atoms with Crippen LogP contribution in [-0.2, 0) is 4.79 Å². The first-order chi connectivity index (χ1) is 12.0. The molecule has 25 heavy (non-hydrogen) atoms. The van der Waals surface area contributed by atoms with E-state index in [4.69, 9.17) is 15.9 Å². The number of hydrogen-bond donors (Lipinski definition) is 3. The molecule has 3 atom stereocenters. The fourth-order valence-electron chi connectivity index (χ4n) is 2.65. The van der Waals surface area contributed by atoms with Gasteiger partial charge in [0, 0.05) is 6.04 Å². The standard InChI is InChI=1S/C13H17N.C8H8O3/c1-2-11(12-9-13(12)14)8-10-6-4-3-5-7-10;9-7(8(10)11)6-4-2-1-3-5-6/h3-8,12-13H,2,9,14H2,1H3;1-5,7,9H,(H,10,11)/b11-8+;/t12-,13+;7-/m10/s1. The van der Waals surface area contributed by atoms with Crippen LogP contribution in [-0.4, -0.2) is 22.2 Å². The van der Waals surface area contributed by atoms with Gasteiger partial charge in [-0.3, -0.25) is 0 Å². The highest BCUT2D eigenvalue weighted by Crippen LogP contribution is 2.37. The van der Waals surface area contributed by atoms with Crippen LogP contribution >= 0.6 is 0 Å². The summed E-state index contributed by atoms with van der Waals surface area (Å²) in [6.07, 6.45) is 3.17. The van der Waals surface area contributed by atoms with E-state index >= 15 is 0 Å². The third-order valence-electron chi connectivity index (χ3n) is 4.23. The molecule has 0 aliphatic heterocycles. The smallest absolute Gasteiger partial charge is 0.337 e. The first-order valence-electron chi connectivity index (χ1n) is 8.49. The van der Waals surface area contributed by atoms with Crippen LogP contribution in [0.1, 0.15) is 37.0 Å². The van der Waals surface area contributed by atoms with E-state index in [0.29, 0.717) is 17.5 Å². The summed E-state index contributed by atoms with van der Waals surface area (Å²) in [5, 5.41) is 17.4. The summed E-state index contributed by atoms with van der Waals surface area (Å²) >= 11 is 0. The number of aliphatic hydroxyl groups is 1. The molecule has 4 nitrogen and oxygen atoms in total. The molecule has 0 aromatic heterocycles. The minimum absolute atomic E-state index is 0.403. The minimum Gasteiger partial charge on any atom is -0.479 e. The van der Waals surface area contributed by atoms with Crippen molar-refractivity contribution in [2.75, 3.05) is 0 Å². The molecule has 1 saturated carbocycles. The number of rotatable bonds is 5. The zero-order valence-corrected chi connectivity index (χ0v) is 14.4. The highest BCUT2D eigenvalue weighted by molar-refractivity contribution is 5.73. The van der Waals surface area contributed by atoms with Crippen molar-refractivity contribution >= 4 is 12.0 Å². The maximum atomic E-state index is 10.2. The van der Waals surface area contributed by atoms with Crippen molar-refractivity contribution in [3.05, 3.63) is 77.4 Å². The Morgan fingerprint density at radius 2 is 1.68 bits per heavy atom. The summed E-state index contributed by atoms with van der Waals surface area (Å²) in [4.78, 5) is 10.2. The van der Waals surface area contributed by atoms with Crippen molar-refractivity contribution in [1.82, 2.24) is 0 Å². The van der Waals surface area contributed by atoms with Crippen LogP contribution in [0.25, 0.3) is 6.08 Å².